The Balaban J connectivity index is 2.72. The van der Waals surface area contributed by atoms with E-state index < -0.39 is 11.6 Å². The number of rotatable bonds is 1. The molecule has 0 aromatic heterocycles. The van der Waals surface area contributed by atoms with Gasteiger partial charge in [0.25, 0.3) is 0 Å². The Labute approximate surface area is 97.9 Å². The van der Waals surface area contributed by atoms with Crippen LogP contribution in [-0.4, -0.2) is 0 Å². The first-order chi connectivity index (χ1) is 8.13. The number of nitrogens with zero attached hydrogens (tertiary/aromatic N) is 1. The normalized spacial score (nSPS) is 10.0. The molecule has 0 saturated heterocycles. The number of nitriles is 1. The minimum absolute atomic E-state index is 0.251. The van der Waals surface area contributed by atoms with Crippen LogP contribution in [0.3, 0.4) is 0 Å². The summed E-state index contributed by atoms with van der Waals surface area (Å²) in [7, 11) is 0. The molecule has 0 unspecified atom stereocenters. The molecule has 2 aromatic rings. The summed E-state index contributed by atoms with van der Waals surface area (Å²) in [5, 5.41) is 8.94. The summed E-state index contributed by atoms with van der Waals surface area (Å²) in [6.07, 6.45) is 0. The molecular weight excluding hydrogens is 220 g/mol. The molecule has 0 aliphatic rings. The molecule has 17 heavy (non-hydrogen) atoms. The molecule has 2 rings (SSSR count). The van der Waals surface area contributed by atoms with Crippen LogP contribution in [0.25, 0.3) is 11.1 Å². The van der Waals surface area contributed by atoms with E-state index in [-0.39, 0.29) is 16.7 Å². The van der Waals surface area contributed by atoms with Crippen molar-refractivity contribution < 1.29 is 8.78 Å². The number of hydrogen-bond donors (Lipinski definition) is 0. The van der Waals surface area contributed by atoms with E-state index in [1.807, 2.05) is 6.07 Å². The van der Waals surface area contributed by atoms with Gasteiger partial charge in [-0.25, -0.2) is 8.78 Å². The zero-order chi connectivity index (χ0) is 12.4. The summed E-state index contributed by atoms with van der Waals surface area (Å²) in [6.45, 7) is 1.63. The summed E-state index contributed by atoms with van der Waals surface area (Å²) in [5.74, 6) is -0.908. The molecule has 0 bridgehead atoms. The second-order valence-corrected chi connectivity index (χ2v) is 3.74. The van der Waals surface area contributed by atoms with Crippen LogP contribution in [-0.2, 0) is 0 Å². The highest BCUT2D eigenvalue weighted by atomic mass is 19.1. The summed E-state index contributed by atoms with van der Waals surface area (Å²) < 4.78 is 27.1. The third-order valence-corrected chi connectivity index (χ3v) is 2.58. The van der Waals surface area contributed by atoms with E-state index in [1.54, 1.807) is 19.1 Å². The van der Waals surface area contributed by atoms with E-state index in [2.05, 4.69) is 0 Å². The van der Waals surface area contributed by atoms with Gasteiger partial charge in [-0.3, -0.25) is 0 Å². The van der Waals surface area contributed by atoms with Crippen LogP contribution in [0, 0.1) is 29.9 Å². The lowest BCUT2D eigenvalue weighted by atomic mass is 9.98. The first-order valence-corrected chi connectivity index (χ1v) is 5.08. The molecule has 84 valence electrons. The fourth-order valence-electron chi connectivity index (χ4n) is 1.69. The summed E-state index contributed by atoms with van der Waals surface area (Å²) in [5.41, 5.74) is 1.27. The molecule has 0 saturated carbocycles. The summed E-state index contributed by atoms with van der Waals surface area (Å²) >= 11 is 0. The van der Waals surface area contributed by atoms with Crippen LogP contribution in [0.15, 0.2) is 36.4 Å². The fraction of sp³-hybridized carbons (Fsp3) is 0.0714. The van der Waals surface area contributed by atoms with Gasteiger partial charge in [0.15, 0.2) is 0 Å². The van der Waals surface area contributed by atoms with E-state index in [9.17, 15) is 8.78 Å². The second-order valence-electron chi connectivity index (χ2n) is 3.74. The van der Waals surface area contributed by atoms with Crippen molar-refractivity contribution in [3.8, 4) is 17.2 Å². The second kappa shape index (κ2) is 4.34. The van der Waals surface area contributed by atoms with Gasteiger partial charge in [-0.05, 0) is 30.7 Å². The Kier molecular flexibility index (Phi) is 2.88. The van der Waals surface area contributed by atoms with Gasteiger partial charge >= 0.3 is 0 Å². The van der Waals surface area contributed by atoms with Crippen molar-refractivity contribution in [2.24, 2.45) is 0 Å². The highest BCUT2D eigenvalue weighted by Crippen LogP contribution is 2.28. The van der Waals surface area contributed by atoms with Gasteiger partial charge in [0.1, 0.15) is 11.6 Å². The monoisotopic (exact) mass is 229 g/mol. The molecule has 0 radical (unpaired) electrons. The Hall–Kier alpha value is -2.21. The van der Waals surface area contributed by atoms with Crippen LogP contribution in [0.1, 0.15) is 11.1 Å². The lowest BCUT2D eigenvalue weighted by Gasteiger charge is -2.07. The molecule has 0 spiro atoms. The molecular formula is C14H9F2N. The number of benzene rings is 2. The molecule has 2 aromatic carbocycles. The van der Waals surface area contributed by atoms with Crippen LogP contribution < -0.4 is 0 Å². The van der Waals surface area contributed by atoms with Crippen molar-refractivity contribution in [2.45, 2.75) is 6.92 Å². The van der Waals surface area contributed by atoms with E-state index in [0.717, 1.165) is 0 Å². The molecule has 0 N–H and O–H groups in total. The van der Waals surface area contributed by atoms with Gasteiger partial charge in [0.05, 0.1) is 11.6 Å². The largest absolute Gasteiger partial charge is 0.207 e. The van der Waals surface area contributed by atoms with Crippen LogP contribution in [0.4, 0.5) is 8.78 Å². The Morgan fingerprint density at radius 1 is 1.06 bits per heavy atom. The number of hydrogen-bond acceptors (Lipinski definition) is 1. The van der Waals surface area contributed by atoms with E-state index in [4.69, 9.17) is 5.26 Å². The molecule has 0 aliphatic heterocycles. The van der Waals surface area contributed by atoms with E-state index >= 15 is 0 Å². The van der Waals surface area contributed by atoms with Crippen molar-refractivity contribution in [1.29, 1.82) is 5.26 Å². The van der Waals surface area contributed by atoms with Crippen molar-refractivity contribution in [3.63, 3.8) is 0 Å². The molecule has 3 heteroatoms. The first-order valence-electron chi connectivity index (χ1n) is 5.08. The predicted molar refractivity (Wildman–Crippen MR) is 61.2 cm³/mol. The van der Waals surface area contributed by atoms with Crippen LogP contribution >= 0.6 is 0 Å². The standard InChI is InChI=1S/C14H9F2N/c1-9-3-2-4-12(14(9)16)13-7-11(15)6-5-10(13)8-17/h2-7H,1H3. The third-order valence-electron chi connectivity index (χ3n) is 2.58. The first kappa shape index (κ1) is 11.3. The lowest BCUT2D eigenvalue weighted by molar-refractivity contribution is 0.619. The van der Waals surface area contributed by atoms with Gasteiger partial charge in [0.2, 0.25) is 0 Å². The topological polar surface area (TPSA) is 23.8 Å². The molecule has 0 fully saturated rings. The van der Waals surface area contributed by atoms with Gasteiger partial charge in [0, 0.05) is 11.1 Å². The Morgan fingerprint density at radius 3 is 2.53 bits per heavy atom. The zero-order valence-corrected chi connectivity index (χ0v) is 9.17. The maximum Gasteiger partial charge on any atom is 0.133 e. The van der Waals surface area contributed by atoms with Gasteiger partial charge in [-0.2, -0.15) is 5.26 Å². The lowest BCUT2D eigenvalue weighted by Crippen LogP contribution is -1.92. The van der Waals surface area contributed by atoms with Gasteiger partial charge in [-0.15, -0.1) is 0 Å². The summed E-state index contributed by atoms with van der Waals surface area (Å²) in [6, 6.07) is 10.5. The smallest absolute Gasteiger partial charge is 0.133 e. The van der Waals surface area contributed by atoms with E-state index in [0.29, 0.717) is 5.56 Å². The minimum atomic E-state index is -0.486. The predicted octanol–water partition coefficient (Wildman–Crippen LogP) is 3.81. The van der Waals surface area contributed by atoms with Crippen LogP contribution in [0.2, 0.25) is 0 Å². The Bertz CT molecular complexity index is 612. The van der Waals surface area contributed by atoms with Gasteiger partial charge in [-0.1, -0.05) is 18.2 Å². The molecule has 0 atom stereocenters. The number of aryl methyl sites for hydroxylation is 1. The average Bonchev–Trinajstić information content (AvgIpc) is 2.33. The molecule has 0 amide bonds. The third kappa shape index (κ3) is 2.02. The zero-order valence-electron chi connectivity index (χ0n) is 9.17. The minimum Gasteiger partial charge on any atom is -0.207 e. The maximum absolute atomic E-state index is 13.9. The molecule has 0 heterocycles. The van der Waals surface area contributed by atoms with Gasteiger partial charge < -0.3 is 0 Å². The molecule has 0 aliphatic carbocycles. The molecule has 1 nitrogen and oxygen atoms in total. The van der Waals surface area contributed by atoms with Crippen molar-refractivity contribution in [1.82, 2.24) is 0 Å². The van der Waals surface area contributed by atoms with Crippen molar-refractivity contribution in [2.75, 3.05) is 0 Å². The Morgan fingerprint density at radius 2 is 1.82 bits per heavy atom. The van der Waals surface area contributed by atoms with Crippen LogP contribution in [0.5, 0.6) is 0 Å². The maximum atomic E-state index is 13.9. The highest BCUT2D eigenvalue weighted by Gasteiger charge is 2.12. The van der Waals surface area contributed by atoms with Crippen molar-refractivity contribution >= 4 is 0 Å². The average molecular weight is 229 g/mol. The number of halogens is 2. The fourth-order valence-corrected chi connectivity index (χ4v) is 1.69. The van der Waals surface area contributed by atoms with Crippen molar-refractivity contribution in [3.05, 3.63) is 59.2 Å². The highest BCUT2D eigenvalue weighted by molar-refractivity contribution is 5.71. The van der Waals surface area contributed by atoms with E-state index in [1.165, 1.54) is 24.3 Å². The summed E-state index contributed by atoms with van der Waals surface area (Å²) in [4.78, 5) is 0. The quantitative estimate of drug-likeness (QED) is 0.729. The SMILES string of the molecule is Cc1cccc(-c2cc(F)ccc2C#N)c1F.